The molecule has 0 aliphatic carbocycles. The van der Waals surface area contributed by atoms with E-state index >= 15 is 0 Å². The molecule has 0 aliphatic rings. The van der Waals surface area contributed by atoms with Gasteiger partial charge in [0.1, 0.15) is 0 Å². The first-order valence-electron chi connectivity index (χ1n) is 7.53. The summed E-state index contributed by atoms with van der Waals surface area (Å²) in [4.78, 5) is 17.1. The smallest absolute Gasteiger partial charge is 0.257 e. The molecule has 0 radical (unpaired) electrons. The van der Waals surface area contributed by atoms with Crippen molar-refractivity contribution >= 4 is 44.2 Å². The van der Waals surface area contributed by atoms with Crippen molar-refractivity contribution in [3.05, 3.63) is 46.0 Å². The number of ether oxygens (including phenoxy) is 2. The van der Waals surface area contributed by atoms with Crippen LogP contribution >= 0.6 is 22.9 Å². The molecule has 0 saturated heterocycles. The van der Waals surface area contributed by atoms with Gasteiger partial charge in [0.2, 0.25) is 0 Å². The van der Waals surface area contributed by atoms with E-state index in [9.17, 15) is 4.79 Å². The van der Waals surface area contributed by atoms with Crippen molar-refractivity contribution in [1.29, 1.82) is 0 Å². The average molecular weight is 377 g/mol. The number of anilines is 1. The minimum Gasteiger partial charge on any atom is -0.493 e. The van der Waals surface area contributed by atoms with Gasteiger partial charge in [-0.2, -0.15) is 0 Å². The number of carbonyl (C=O) groups excluding carboxylic acids is 1. The van der Waals surface area contributed by atoms with Crippen LogP contribution < -0.4 is 14.8 Å². The normalized spacial score (nSPS) is 10.8. The molecule has 0 bridgehead atoms. The molecule has 0 atom stereocenters. The van der Waals surface area contributed by atoms with Crippen molar-refractivity contribution < 1.29 is 14.3 Å². The van der Waals surface area contributed by atoms with Gasteiger partial charge in [0.15, 0.2) is 16.6 Å². The van der Waals surface area contributed by atoms with Gasteiger partial charge >= 0.3 is 0 Å². The summed E-state index contributed by atoms with van der Waals surface area (Å²) in [5.74, 6) is 0.485. The topological polar surface area (TPSA) is 60.5 Å². The highest BCUT2D eigenvalue weighted by Crippen LogP contribution is 2.36. The van der Waals surface area contributed by atoms with Crippen molar-refractivity contribution in [2.24, 2.45) is 0 Å². The number of amides is 1. The number of benzene rings is 2. The number of hydrogen-bond donors (Lipinski definition) is 1. The standard InChI is InChI=1S/C18H17ClN2O3S/c1-9-5-10(2)15-14(6-9)25-18(20-15)21-17(22)11-7-12(19)16(24-4)13(8-11)23-3/h5-8H,1-4H3,(H,20,21,22). The molecule has 0 aliphatic heterocycles. The van der Waals surface area contributed by atoms with Crippen molar-refractivity contribution in [2.45, 2.75) is 13.8 Å². The molecule has 5 nitrogen and oxygen atoms in total. The second-order valence-electron chi connectivity index (χ2n) is 5.60. The summed E-state index contributed by atoms with van der Waals surface area (Å²) in [6, 6.07) is 7.26. The van der Waals surface area contributed by atoms with E-state index in [0.717, 1.165) is 21.3 Å². The predicted octanol–water partition coefficient (Wildman–Crippen LogP) is 4.84. The Morgan fingerprint density at radius 2 is 1.92 bits per heavy atom. The Hall–Kier alpha value is -2.31. The van der Waals surface area contributed by atoms with E-state index in [0.29, 0.717) is 27.2 Å². The van der Waals surface area contributed by atoms with Crippen molar-refractivity contribution in [3.8, 4) is 11.5 Å². The number of aryl methyl sites for hydroxylation is 2. The van der Waals surface area contributed by atoms with Gasteiger partial charge in [-0.15, -0.1) is 0 Å². The van der Waals surface area contributed by atoms with Crippen LogP contribution in [-0.2, 0) is 0 Å². The number of nitrogens with one attached hydrogen (secondary N) is 1. The minimum absolute atomic E-state index is 0.308. The van der Waals surface area contributed by atoms with Crippen molar-refractivity contribution in [2.75, 3.05) is 19.5 Å². The number of rotatable bonds is 4. The molecule has 3 rings (SSSR count). The number of nitrogens with zero attached hydrogens (tertiary/aromatic N) is 1. The molecule has 0 saturated carbocycles. The molecule has 25 heavy (non-hydrogen) atoms. The molecule has 1 N–H and O–H groups in total. The third-order valence-corrected chi connectivity index (χ3v) is 4.94. The van der Waals surface area contributed by atoms with Gasteiger partial charge in [-0.1, -0.05) is 29.0 Å². The Morgan fingerprint density at radius 3 is 2.60 bits per heavy atom. The summed E-state index contributed by atoms with van der Waals surface area (Å²) in [5.41, 5.74) is 3.52. The van der Waals surface area contributed by atoms with Gasteiger partial charge in [0.25, 0.3) is 5.91 Å². The first-order valence-corrected chi connectivity index (χ1v) is 8.73. The molecule has 1 aromatic heterocycles. The Bertz CT molecular complexity index is 969. The van der Waals surface area contributed by atoms with Crippen LogP contribution in [0, 0.1) is 13.8 Å². The predicted molar refractivity (Wildman–Crippen MR) is 102 cm³/mol. The van der Waals surface area contributed by atoms with E-state index in [4.69, 9.17) is 21.1 Å². The van der Waals surface area contributed by atoms with Crippen molar-refractivity contribution in [1.82, 2.24) is 4.98 Å². The first kappa shape index (κ1) is 17.5. The summed E-state index contributed by atoms with van der Waals surface area (Å²) < 4.78 is 11.5. The highest BCUT2D eigenvalue weighted by Gasteiger charge is 2.17. The fraction of sp³-hybridized carbons (Fsp3) is 0.222. The second-order valence-corrected chi connectivity index (χ2v) is 7.03. The molecule has 0 fully saturated rings. The molecule has 3 aromatic rings. The Kier molecular flexibility index (Phi) is 4.83. The van der Waals surface area contributed by atoms with Crippen LogP contribution in [0.15, 0.2) is 24.3 Å². The van der Waals surface area contributed by atoms with E-state index in [-0.39, 0.29) is 5.91 Å². The lowest BCUT2D eigenvalue weighted by atomic mass is 10.1. The van der Waals surface area contributed by atoms with E-state index in [1.54, 1.807) is 12.1 Å². The minimum atomic E-state index is -0.309. The van der Waals surface area contributed by atoms with Crippen LogP contribution in [0.1, 0.15) is 21.5 Å². The number of fused-ring (bicyclic) bond motifs is 1. The summed E-state index contributed by atoms with van der Waals surface area (Å²) >= 11 is 7.60. The lowest BCUT2D eigenvalue weighted by Gasteiger charge is -2.11. The average Bonchev–Trinajstić information content (AvgIpc) is 2.96. The summed E-state index contributed by atoms with van der Waals surface area (Å²) in [6.07, 6.45) is 0. The number of aromatic nitrogens is 1. The van der Waals surface area contributed by atoms with Gasteiger partial charge in [-0.25, -0.2) is 4.98 Å². The Balaban J connectivity index is 1.92. The lowest BCUT2D eigenvalue weighted by Crippen LogP contribution is -2.12. The number of halogens is 1. The SMILES string of the molecule is COc1cc(C(=O)Nc2nc3c(C)cc(C)cc3s2)cc(Cl)c1OC. The maximum atomic E-state index is 12.6. The zero-order chi connectivity index (χ0) is 18.1. The summed E-state index contributed by atoms with van der Waals surface area (Å²) in [6.45, 7) is 4.05. The molecular weight excluding hydrogens is 360 g/mol. The maximum absolute atomic E-state index is 12.6. The molecule has 0 spiro atoms. The molecule has 1 amide bonds. The van der Waals surface area contributed by atoms with Crippen LogP contribution in [0.5, 0.6) is 11.5 Å². The largest absolute Gasteiger partial charge is 0.493 e. The van der Waals surface area contributed by atoms with E-state index in [2.05, 4.69) is 22.4 Å². The van der Waals surface area contributed by atoms with E-state index in [1.165, 1.54) is 25.6 Å². The van der Waals surface area contributed by atoms with Gasteiger partial charge in [-0.3, -0.25) is 10.1 Å². The lowest BCUT2D eigenvalue weighted by molar-refractivity contribution is 0.102. The molecule has 130 valence electrons. The molecule has 0 unspecified atom stereocenters. The molecule has 2 aromatic carbocycles. The molecular formula is C18H17ClN2O3S. The zero-order valence-electron chi connectivity index (χ0n) is 14.3. The fourth-order valence-electron chi connectivity index (χ4n) is 2.64. The number of methoxy groups -OCH3 is 2. The number of hydrogen-bond acceptors (Lipinski definition) is 5. The Morgan fingerprint density at radius 1 is 1.16 bits per heavy atom. The van der Waals surface area contributed by atoms with Gasteiger partial charge in [-0.05, 0) is 43.2 Å². The van der Waals surface area contributed by atoms with Crippen molar-refractivity contribution in [3.63, 3.8) is 0 Å². The van der Waals surface area contributed by atoms with Crippen LogP contribution in [0.2, 0.25) is 5.02 Å². The van der Waals surface area contributed by atoms with Crippen LogP contribution in [0.25, 0.3) is 10.2 Å². The van der Waals surface area contributed by atoms with Crippen LogP contribution in [-0.4, -0.2) is 25.1 Å². The number of carbonyl (C=O) groups is 1. The third-order valence-electron chi connectivity index (χ3n) is 3.75. The first-order chi connectivity index (χ1) is 11.9. The van der Waals surface area contributed by atoms with Crippen LogP contribution in [0.3, 0.4) is 0 Å². The Labute approximate surface area is 154 Å². The fourth-order valence-corrected chi connectivity index (χ4v) is 3.97. The summed E-state index contributed by atoms with van der Waals surface area (Å²) in [5, 5.41) is 3.67. The number of thiazole rings is 1. The third kappa shape index (κ3) is 3.41. The van der Waals surface area contributed by atoms with Gasteiger partial charge in [0.05, 0.1) is 29.5 Å². The van der Waals surface area contributed by atoms with Crippen LogP contribution in [0.4, 0.5) is 5.13 Å². The molecule has 7 heteroatoms. The highest BCUT2D eigenvalue weighted by molar-refractivity contribution is 7.22. The quantitative estimate of drug-likeness (QED) is 0.708. The highest BCUT2D eigenvalue weighted by atomic mass is 35.5. The summed E-state index contributed by atoms with van der Waals surface area (Å²) in [7, 11) is 2.99. The second kappa shape index (κ2) is 6.90. The molecule has 1 heterocycles. The monoisotopic (exact) mass is 376 g/mol. The maximum Gasteiger partial charge on any atom is 0.257 e. The van der Waals surface area contributed by atoms with Gasteiger partial charge < -0.3 is 9.47 Å². The van der Waals surface area contributed by atoms with Gasteiger partial charge in [0, 0.05) is 5.56 Å². The zero-order valence-corrected chi connectivity index (χ0v) is 15.8. The van der Waals surface area contributed by atoms with E-state index < -0.39 is 0 Å². The van der Waals surface area contributed by atoms with E-state index in [1.807, 2.05) is 13.8 Å².